The van der Waals surface area contributed by atoms with E-state index in [2.05, 4.69) is 0 Å². The van der Waals surface area contributed by atoms with Crippen LogP contribution in [0.25, 0.3) is 0 Å². The van der Waals surface area contributed by atoms with Crippen LogP contribution >= 0.6 is 0 Å². The number of hydrogen-bond donors (Lipinski definition) is 1. The summed E-state index contributed by atoms with van der Waals surface area (Å²) in [5.74, 6) is -0.501. The second-order valence-corrected chi connectivity index (χ2v) is 2.56. The van der Waals surface area contributed by atoms with E-state index in [1.54, 1.807) is 6.92 Å². The molecule has 5 nitrogen and oxygen atoms in total. The van der Waals surface area contributed by atoms with E-state index in [0.29, 0.717) is 19.8 Å². The molecule has 84 valence electrons. The van der Waals surface area contributed by atoms with Gasteiger partial charge in [-0.05, 0) is 20.8 Å². The predicted octanol–water partition coefficient (Wildman–Crippen LogP) is 0.276. The summed E-state index contributed by atoms with van der Waals surface area (Å²) in [6.45, 7) is 6.53. The van der Waals surface area contributed by atoms with Crippen molar-refractivity contribution in [1.82, 2.24) is 0 Å². The lowest BCUT2D eigenvalue weighted by molar-refractivity contribution is -0.174. The first-order valence-corrected chi connectivity index (χ1v) is 4.82. The van der Waals surface area contributed by atoms with Gasteiger partial charge in [0.2, 0.25) is 0 Å². The molecular weight excluding hydrogens is 186 g/mol. The van der Waals surface area contributed by atoms with E-state index in [1.165, 1.54) is 0 Å². The quantitative estimate of drug-likeness (QED) is 0.477. The van der Waals surface area contributed by atoms with Crippen molar-refractivity contribution in [2.75, 3.05) is 19.8 Å². The third-order valence-electron chi connectivity index (χ3n) is 1.51. The van der Waals surface area contributed by atoms with Crippen LogP contribution in [0.5, 0.6) is 0 Å². The van der Waals surface area contributed by atoms with E-state index in [1.807, 2.05) is 13.8 Å². The highest BCUT2D eigenvalue weighted by molar-refractivity contribution is 5.75. The highest BCUT2D eigenvalue weighted by Crippen LogP contribution is 2.02. The molecule has 5 heteroatoms. The van der Waals surface area contributed by atoms with Crippen molar-refractivity contribution < 1.29 is 19.0 Å². The van der Waals surface area contributed by atoms with Crippen molar-refractivity contribution in [3.05, 3.63) is 0 Å². The lowest BCUT2D eigenvalue weighted by atomic mass is 10.3. The van der Waals surface area contributed by atoms with Crippen LogP contribution in [0.1, 0.15) is 20.8 Å². The molecular formula is C9H19NO4. The molecule has 0 amide bonds. The predicted molar refractivity (Wildman–Crippen MR) is 51.6 cm³/mol. The summed E-state index contributed by atoms with van der Waals surface area (Å²) < 4.78 is 15.1. The number of carbonyl (C=O) groups excluding carboxylic acids is 1. The molecule has 0 saturated carbocycles. The van der Waals surface area contributed by atoms with E-state index in [9.17, 15) is 4.79 Å². The Bertz CT molecular complexity index is 157. The molecule has 14 heavy (non-hydrogen) atoms. The van der Waals surface area contributed by atoms with Gasteiger partial charge in [-0.1, -0.05) is 0 Å². The Hall–Kier alpha value is -0.650. The first-order valence-electron chi connectivity index (χ1n) is 4.82. The molecule has 2 N–H and O–H groups in total. The maximum absolute atomic E-state index is 11.2. The maximum atomic E-state index is 11.2. The minimum Gasteiger partial charge on any atom is -0.465 e. The Morgan fingerprint density at radius 1 is 1.14 bits per heavy atom. The fraction of sp³-hybridized carbons (Fsp3) is 0.889. The van der Waals surface area contributed by atoms with Crippen LogP contribution in [0.15, 0.2) is 0 Å². The van der Waals surface area contributed by atoms with Gasteiger partial charge in [0.1, 0.15) is 0 Å². The lowest BCUT2D eigenvalue weighted by Crippen LogP contribution is -2.46. The van der Waals surface area contributed by atoms with Gasteiger partial charge >= 0.3 is 5.97 Å². The van der Waals surface area contributed by atoms with Crippen LogP contribution in [0.3, 0.4) is 0 Å². The van der Waals surface area contributed by atoms with Crippen LogP contribution in [-0.4, -0.2) is 38.1 Å². The van der Waals surface area contributed by atoms with Gasteiger partial charge < -0.3 is 19.9 Å². The topological polar surface area (TPSA) is 70.8 Å². The number of carbonyl (C=O) groups is 1. The zero-order valence-corrected chi connectivity index (χ0v) is 8.99. The molecule has 1 atom stereocenters. The third kappa shape index (κ3) is 4.55. The van der Waals surface area contributed by atoms with Crippen molar-refractivity contribution in [3.8, 4) is 0 Å². The third-order valence-corrected chi connectivity index (χ3v) is 1.51. The SMILES string of the molecule is CCOC(=O)C(N)C(OCC)OCC. The van der Waals surface area contributed by atoms with Crippen LogP contribution in [-0.2, 0) is 19.0 Å². The Labute approximate surface area is 84.5 Å². The Morgan fingerprint density at radius 3 is 2.00 bits per heavy atom. The minimum absolute atomic E-state index is 0.303. The molecule has 0 bridgehead atoms. The van der Waals surface area contributed by atoms with E-state index in [4.69, 9.17) is 19.9 Å². The number of nitrogens with two attached hydrogens (primary N) is 1. The second-order valence-electron chi connectivity index (χ2n) is 2.56. The molecule has 0 saturated heterocycles. The average Bonchev–Trinajstić information content (AvgIpc) is 2.17. The Morgan fingerprint density at radius 2 is 1.64 bits per heavy atom. The summed E-state index contributed by atoms with van der Waals surface area (Å²) in [7, 11) is 0. The van der Waals surface area contributed by atoms with Gasteiger partial charge in [0.25, 0.3) is 0 Å². The lowest BCUT2D eigenvalue weighted by Gasteiger charge is -2.21. The van der Waals surface area contributed by atoms with Gasteiger partial charge in [0.05, 0.1) is 6.61 Å². The number of esters is 1. The summed E-state index contributed by atoms with van der Waals surface area (Å²) in [6.07, 6.45) is -0.718. The summed E-state index contributed by atoms with van der Waals surface area (Å²) in [5.41, 5.74) is 5.60. The van der Waals surface area contributed by atoms with Crippen molar-refractivity contribution >= 4 is 5.97 Å². The molecule has 0 aromatic heterocycles. The first-order chi connectivity index (χ1) is 6.67. The van der Waals surface area contributed by atoms with Gasteiger partial charge in [-0.25, -0.2) is 0 Å². The number of ether oxygens (including phenoxy) is 3. The molecule has 0 heterocycles. The largest absolute Gasteiger partial charge is 0.465 e. The highest BCUT2D eigenvalue weighted by Gasteiger charge is 2.26. The van der Waals surface area contributed by atoms with Crippen LogP contribution in [0, 0.1) is 0 Å². The normalized spacial score (nSPS) is 12.9. The van der Waals surface area contributed by atoms with E-state index >= 15 is 0 Å². The van der Waals surface area contributed by atoms with Gasteiger partial charge in [-0.3, -0.25) is 4.79 Å². The highest BCUT2D eigenvalue weighted by atomic mass is 16.7. The van der Waals surface area contributed by atoms with Crippen LogP contribution in [0.2, 0.25) is 0 Å². The zero-order valence-electron chi connectivity index (χ0n) is 8.99. The van der Waals surface area contributed by atoms with Crippen LogP contribution < -0.4 is 5.73 Å². The molecule has 0 spiro atoms. The fourth-order valence-electron chi connectivity index (χ4n) is 0.934. The van der Waals surface area contributed by atoms with Crippen molar-refractivity contribution in [3.63, 3.8) is 0 Å². The summed E-state index contributed by atoms with van der Waals surface area (Å²) >= 11 is 0. The molecule has 0 aromatic rings. The fourth-order valence-corrected chi connectivity index (χ4v) is 0.934. The number of rotatable bonds is 7. The first kappa shape index (κ1) is 13.4. The van der Waals surface area contributed by atoms with Gasteiger partial charge in [0.15, 0.2) is 12.3 Å². The van der Waals surface area contributed by atoms with E-state index < -0.39 is 18.3 Å². The molecule has 0 aliphatic carbocycles. The van der Waals surface area contributed by atoms with Crippen molar-refractivity contribution in [2.45, 2.75) is 33.1 Å². The van der Waals surface area contributed by atoms with Gasteiger partial charge in [-0.15, -0.1) is 0 Å². The Balaban J connectivity index is 4.11. The summed E-state index contributed by atoms with van der Waals surface area (Å²) in [5, 5.41) is 0. The maximum Gasteiger partial charge on any atom is 0.328 e. The number of hydrogen-bond acceptors (Lipinski definition) is 5. The molecule has 0 aliphatic heterocycles. The van der Waals surface area contributed by atoms with Crippen LogP contribution in [0.4, 0.5) is 0 Å². The minimum atomic E-state index is -0.880. The Kier molecular flexibility index (Phi) is 7.37. The summed E-state index contributed by atoms with van der Waals surface area (Å²) in [6, 6.07) is -0.880. The molecule has 0 rings (SSSR count). The average molecular weight is 205 g/mol. The molecule has 0 fully saturated rings. The summed E-state index contributed by atoms with van der Waals surface area (Å²) in [4.78, 5) is 11.2. The zero-order chi connectivity index (χ0) is 11.0. The monoisotopic (exact) mass is 205 g/mol. The van der Waals surface area contributed by atoms with E-state index in [0.717, 1.165) is 0 Å². The van der Waals surface area contributed by atoms with Gasteiger partial charge in [-0.2, -0.15) is 0 Å². The van der Waals surface area contributed by atoms with Crippen molar-refractivity contribution in [2.24, 2.45) is 5.73 Å². The van der Waals surface area contributed by atoms with E-state index in [-0.39, 0.29) is 0 Å². The van der Waals surface area contributed by atoms with Crippen molar-refractivity contribution in [1.29, 1.82) is 0 Å². The molecule has 0 radical (unpaired) electrons. The smallest absolute Gasteiger partial charge is 0.328 e. The molecule has 0 aliphatic rings. The molecule has 1 unspecified atom stereocenters. The van der Waals surface area contributed by atoms with Gasteiger partial charge in [0, 0.05) is 13.2 Å². The second kappa shape index (κ2) is 7.73. The molecule has 0 aromatic carbocycles. The standard InChI is InChI=1S/C9H19NO4/c1-4-12-8(11)7(10)9(13-5-2)14-6-3/h7,9H,4-6,10H2,1-3H3.